The van der Waals surface area contributed by atoms with Gasteiger partial charge in [-0.3, -0.25) is 4.79 Å². The zero-order valence-corrected chi connectivity index (χ0v) is 10.0. The minimum Gasteiger partial charge on any atom is -0.330 e. The molecule has 1 aliphatic rings. The van der Waals surface area contributed by atoms with Gasteiger partial charge in [-0.25, -0.2) is 0 Å². The second kappa shape index (κ2) is 6.65. The van der Waals surface area contributed by atoms with Gasteiger partial charge in [-0.05, 0) is 25.7 Å². The second-order valence-corrected chi connectivity index (χ2v) is 4.32. The number of carbonyl (C=O) groups is 1. The topological polar surface area (TPSA) is 29.1 Å². The maximum absolute atomic E-state index is 11.9. The highest BCUT2D eigenvalue weighted by Crippen LogP contribution is 2.23. The molecule has 15 heavy (non-hydrogen) atoms. The normalized spacial score (nSPS) is 18.9. The van der Waals surface area contributed by atoms with E-state index in [1.54, 1.807) is 0 Å². The standard InChI is InChI=1S/C13H23NO/c1-3-8-12(4-2)14-13(15)11-9-6-5-7-10-11/h8,11H,3-7,9-10H2,1-2H3,(H,14,15)/b12-8+. The minimum atomic E-state index is 0.247. The summed E-state index contributed by atoms with van der Waals surface area (Å²) in [5.41, 5.74) is 1.09. The molecule has 86 valence electrons. The molecule has 0 aromatic rings. The Morgan fingerprint density at radius 2 is 1.93 bits per heavy atom. The van der Waals surface area contributed by atoms with E-state index in [-0.39, 0.29) is 11.8 Å². The van der Waals surface area contributed by atoms with Crippen LogP contribution in [-0.2, 0) is 4.79 Å². The van der Waals surface area contributed by atoms with Crippen LogP contribution in [0.15, 0.2) is 11.8 Å². The average Bonchev–Trinajstić information content (AvgIpc) is 2.29. The van der Waals surface area contributed by atoms with Crippen LogP contribution in [0.4, 0.5) is 0 Å². The molecule has 0 atom stereocenters. The zero-order valence-electron chi connectivity index (χ0n) is 10.0. The number of carbonyl (C=O) groups excluding carboxylic acids is 1. The Morgan fingerprint density at radius 1 is 1.27 bits per heavy atom. The first-order valence-electron chi connectivity index (χ1n) is 6.27. The maximum atomic E-state index is 11.9. The Labute approximate surface area is 93.1 Å². The Bertz CT molecular complexity index is 227. The van der Waals surface area contributed by atoms with Gasteiger partial charge in [-0.1, -0.05) is 39.2 Å². The molecule has 2 nitrogen and oxygen atoms in total. The van der Waals surface area contributed by atoms with E-state index in [2.05, 4.69) is 25.2 Å². The third kappa shape index (κ3) is 4.06. The van der Waals surface area contributed by atoms with Crippen LogP contribution in [0.3, 0.4) is 0 Å². The second-order valence-electron chi connectivity index (χ2n) is 4.32. The number of hydrogen-bond donors (Lipinski definition) is 1. The summed E-state index contributed by atoms with van der Waals surface area (Å²) in [5, 5.41) is 3.06. The molecule has 0 heterocycles. The fourth-order valence-corrected chi connectivity index (χ4v) is 2.16. The third-order valence-corrected chi connectivity index (χ3v) is 3.09. The van der Waals surface area contributed by atoms with E-state index in [4.69, 9.17) is 0 Å². The fraction of sp³-hybridized carbons (Fsp3) is 0.769. The van der Waals surface area contributed by atoms with Crippen LogP contribution in [0.5, 0.6) is 0 Å². The van der Waals surface area contributed by atoms with Crippen molar-refractivity contribution in [1.29, 1.82) is 0 Å². The average molecular weight is 209 g/mol. The van der Waals surface area contributed by atoms with Gasteiger partial charge in [0.25, 0.3) is 0 Å². The summed E-state index contributed by atoms with van der Waals surface area (Å²) < 4.78 is 0. The Hall–Kier alpha value is -0.790. The largest absolute Gasteiger partial charge is 0.330 e. The van der Waals surface area contributed by atoms with Gasteiger partial charge in [-0.15, -0.1) is 0 Å². The van der Waals surface area contributed by atoms with Crippen molar-refractivity contribution in [3.8, 4) is 0 Å². The van der Waals surface area contributed by atoms with Crippen LogP contribution in [0.1, 0.15) is 58.8 Å². The highest BCUT2D eigenvalue weighted by molar-refractivity contribution is 5.80. The molecule has 1 aliphatic carbocycles. The molecular formula is C13H23NO. The lowest BCUT2D eigenvalue weighted by Crippen LogP contribution is -2.31. The monoisotopic (exact) mass is 209 g/mol. The van der Waals surface area contributed by atoms with Crippen LogP contribution < -0.4 is 5.32 Å². The SMILES string of the molecule is CC/C=C(\CC)NC(=O)C1CCCCC1. The van der Waals surface area contributed by atoms with E-state index in [1.807, 2.05) is 0 Å². The molecule has 1 amide bonds. The Balaban J connectivity index is 2.42. The van der Waals surface area contributed by atoms with Gasteiger partial charge < -0.3 is 5.32 Å². The third-order valence-electron chi connectivity index (χ3n) is 3.09. The van der Waals surface area contributed by atoms with Crippen LogP contribution in [0.2, 0.25) is 0 Å². The van der Waals surface area contributed by atoms with Crippen molar-refractivity contribution in [1.82, 2.24) is 5.32 Å². The number of nitrogens with one attached hydrogen (secondary N) is 1. The molecule has 0 radical (unpaired) electrons. The first-order valence-corrected chi connectivity index (χ1v) is 6.27. The summed E-state index contributed by atoms with van der Waals surface area (Å²) in [7, 11) is 0. The summed E-state index contributed by atoms with van der Waals surface area (Å²) in [6.45, 7) is 4.19. The van der Waals surface area contributed by atoms with Crippen LogP contribution in [0, 0.1) is 5.92 Å². The van der Waals surface area contributed by atoms with Gasteiger partial charge in [-0.2, -0.15) is 0 Å². The molecule has 1 saturated carbocycles. The highest BCUT2D eigenvalue weighted by atomic mass is 16.1. The smallest absolute Gasteiger partial charge is 0.227 e. The summed E-state index contributed by atoms with van der Waals surface area (Å²) >= 11 is 0. The number of amides is 1. The maximum Gasteiger partial charge on any atom is 0.227 e. The van der Waals surface area contributed by atoms with E-state index in [1.165, 1.54) is 19.3 Å². The molecule has 0 aromatic heterocycles. The van der Waals surface area contributed by atoms with Crippen molar-refractivity contribution in [2.24, 2.45) is 5.92 Å². The molecule has 1 N–H and O–H groups in total. The Morgan fingerprint density at radius 3 is 2.47 bits per heavy atom. The van der Waals surface area contributed by atoms with Gasteiger partial charge in [0, 0.05) is 11.6 Å². The number of allylic oxidation sites excluding steroid dienone is 2. The van der Waals surface area contributed by atoms with Crippen molar-refractivity contribution in [2.45, 2.75) is 58.8 Å². The van der Waals surface area contributed by atoms with Gasteiger partial charge in [0.1, 0.15) is 0 Å². The molecule has 0 aromatic carbocycles. The predicted octanol–water partition coefficient (Wildman–Crippen LogP) is 3.39. The number of hydrogen-bond acceptors (Lipinski definition) is 1. The van der Waals surface area contributed by atoms with E-state index in [0.29, 0.717) is 0 Å². The van der Waals surface area contributed by atoms with E-state index < -0.39 is 0 Å². The van der Waals surface area contributed by atoms with Gasteiger partial charge in [0.2, 0.25) is 5.91 Å². The van der Waals surface area contributed by atoms with Crippen molar-refractivity contribution in [3.63, 3.8) is 0 Å². The summed E-state index contributed by atoms with van der Waals surface area (Å²) in [6, 6.07) is 0. The molecule has 0 aliphatic heterocycles. The van der Waals surface area contributed by atoms with Crippen LogP contribution >= 0.6 is 0 Å². The lowest BCUT2D eigenvalue weighted by atomic mass is 9.88. The molecule has 0 spiro atoms. The van der Waals surface area contributed by atoms with Gasteiger partial charge in [0.15, 0.2) is 0 Å². The Kier molecular flexibility index (Phi) is 5.44. The van der Waals surface area contributed by atoms with Crippen LogP contribution in [-0.4, -0.2) is 5.91 Å². The zero-order chi connectivity index (χ0) is 11.1. The number of rotatable bonds is 4. The molecule has 0 saturated heterocycles. The predicted molar refractivity (Wildman–Crippen MR) is 63.4 cm³/mol. The quantitative estimate of drug-likeness (QED) is 0.755. The van der Waals surface area contributed by atoms with Crippen LogP contribution in [0.25, 0.3) is 0 Å². The molecule has 1 fully saturated rings. The van der Waals surface area contributed by atoms with Crippen molar-refractivity contribution < 1.29 is 4.79 Å². The fourth-order valence-electron chi connectivity index (χ4n) is 2.16. The van der Waals surface area contributed by atoms with Gasteiger partial charge in [0.05, 0.1) is 0 Å². The molecule has 0 bridgehead atoms. The summed E-state index contributed by atoms with van der Waals surface area (Å²) in [5.74, 6) is 0.516. The molecule has 0 unspecified atom stereocenters. The molecule has 1 rings (SSSR count). The van der Waals surface area contributed by atoms with Crippen molar-refractivity contribution in [3.05, 3.63) is 11.8 Å². The minimum absolute atomic E-state index is 0.247. The summed E-state index contributed by atoms with van der Waals surface area (Å²) in [6.07, 6.45) is 9.92. The van der Waals surface area contributed by atoms with E-state index >= 15 is 0 Å². The van der Waals surface area contributed by atoms with Crippen molar-refractivity contribution >= 4 is 5.91 Å². The summed E-state index contributed by atoms with van der Waals surface area (Å²) in [4.78, 5) is 11.9. The van der Waals surface area contributed by atoms with E-state index in [0.717, 1.165) is 31.4 Å². The highest BCUT2D eigenvalue weighted by Gasteiger charge is 2.20. The van der Waals surface area contributed by atoms with E-state index in [9.17, 15) is 4.79 Å². The lowest BCUT2D eigenvalue weighted by molar-refractivity contribution is -0.125. The van der Waals surface area contributed by atoms with Gasteiger partial charge >= 0.3 is 0 Å². The first kappa shape index (κ1) is 12.3. The van der Waals surface area contributed by atoms with Crippen molar-refractivity contribution in [2.75, 3.05) is 0 Å². The first-order chi connectivity index (χ1) is 7.27. The lowest BCUT2D eigenvalue weighted by Gasteiger charge is -2.21. The molecular weight excluding hydrogens is 186 g/mol. The molecule has 2 heteroatoms.